The van der Waals surface area contributed by atoms with Crippen LogP contribution in [0.1, 0.15) is 11.3 Å². The normalized spacial score (nSPS) is 11.1. The monoisotopic (exact) mass is 504 g/mol. The van der Waals surface area contributed by atoms with Crippen LogP contribution in [0, 0.1) is 12.3 Å². The summed E-state index contributed by atoms with van der Waals surface area (Å²) in [6.07, 6.45) is 0. The Bertz CT molecular complexity index is 1170. The van der Waals surface area contributed by atoms with Gasteiger partial charge in [0.15, 0.2) is 0 Å². The molecule has 1 aromatic carbocycles. The van der Waals surface area contributed by atoms with Crippen molar-refractivity contribution in [3.8, 4) is 0 Å². The summed E-state index contributed by atoms with van der Waals surface area (Å²) < 4.78 is 28.5. The number of carbonyl (C=O) groups is 1. The standard InChI is InChI=1S/C18H22Cl2N6O5S/c1-11-5-6-14(25-32(29,30)10-12-3-2-4-13(19)16(12)20)17(28)26(11)9-15(27)23-7-8-31-24-18(21)22/h2-6,25H,7-10H2,1H3,(H,23,27)(H4,21,22,24). The molecule has 1 heterocycles. The van der Waals surface area contributed by atoms with Gasteiger partial charge in [0, 0.05) is 12.2 Å². The van der Waals surface area contributed by atoms with Gasteiger partial charge in [0.05, 0.1) is 22.4 Å². The molecule has 0 saturated carbocycles. The van der Waals surface area contributed by atoms with E-state index in [4.69, 9.17) is 39.2 Å². The van der Waals surface area contributed by atoms with Crippen LogP contribution in [0.2, 0.25) is 10.0 Å². The van der Waals surface area contributed by atoms with Crippen LogP contribution in [0.15, 0.2) is 35.1 Å². The molecule has 0 saturated heterocycles. The van der Waals surface area contributed by atoms with E-state index in [0.29, 0.717) is 5.69 Å². The topological polar surface area (TPSA) is 168 Å². The Morgan fingerprint density at radius 3 is 2.66 bits per heavy atom. The molecule has 174 valence electrons. The molecule has 0 spiro atoms. The summed E-state index contributed by atoms with van der Waals surface area (Å²) in [7, 11) is -3.99. The van der Waals surface area contributed by atoms with Crippen molar-refractivity contribution >= 4 is 50.8 Å². The molecule has 1 amide bonds. The molecule has 0 unspecified atom stereocenters. The van der Waals surface area contributed by atoms with Gasteiger partial charge in [0.1, 0.15) is 12.2 Å². The lowest BCUT2D eigenvalue weighted by molar-refractivity contribution is -0.122. The Morgan fingerprint density at radius 1 is 1.25 bits per heavy atom. The molecule has 11 nitrogen and oxygen atoms in total. The van der Waals surface area contributed by atoms with Crippen molar-refractivity contribution in [2.75, 3.05) is 17.9 Å². The Balaban J connectivity index is 2.08. The maximum Gasteiger partial charge on any atom is 0.275 e. The van der Waals surface area contributed by atoms with Gasteiger partial charge >= 0.3 is 0 Å². The molecule has 0 bridgehead atoms. The van der Waals surface area contributed by atoms with E-state index >= 15 is 0 Å². The molecule has 6 N–H and O–H groups in total. The minimum Gasteiger partial charge on any atom is -0.368 e. The van der Waals surface area contributed by atoms with Gasteiger partial charge in [-0.25, -0.2) is 13.9 Å². The second kappa shape index (κ2) is 11.2. The number of nitrogens with two attached hydrogens (primary N) is 1. The van der Waals surface area contributed by atoms with E-state index in [1.165, 1.54) is 24.3 Å². The molecule has 0 aliphatic rings. The predicted molar refractivity (Wildman–Crippen MR) is 122 cm³/mol. The first kappa shape index (κ1) is 25.5. The van der Waals surface area contributed by atoms with Gasteiger partial charge in [-0.3, -0.25) is 24.6 Å². The minimum atomic E-state index is -3.99. The van der Waals surface area contributed by atoms with Gasteiger partial charge in [-0.1, -0.05) is 35.3 Å². The number of nitrogens with zero attached hydrogens (tertiary/aromatic N) is 1. The number of hydrogen-bond acceptors (Lipinski definition) is 6. The van der Waals surface area contributed by atoms with Crippen LogP contribution in [0.25, 0.3) is 0 Å². The summed E-state index contributed by atoms with van der Waals surface area (Å²) in [5.74, 6) is -1.36. The van der Waals surface area contributed by atoms with E-state index in [9.17, 15) is 18.0 Å². The largest absolute Gasteiger partial charge is 0.368 e. The van der Waals surface area contributed by atoms with Gasteiger partial charge in [-0.05, 0) is 30.7 Å². The molecule has 2 aromatic rings. The van der Waals surface area contributed by atoms with Crippen molar-refractivity contribution in [3.63, 3.8) is 0 Å². The fourth-order valence-electron chi connectivity index (χ4n) is 2.58. The van der Waals surface area contributed by atoms with Gasteiger partial charge in [0.2, 0.25) is 21.9 Å². The van der Waals surface area contributed by atoms with E-state index in [1.54, 1.807) is 13.0 Å². The third-order valence-corrected chi connectivity index (χ3v) is 6.13. The Hall–Kier alpha value is -2.80. The fourth-order valence-corrected chi connectivity index (χ4v) is 4.26. The fraction of sp³-hybridized carbons (Fsp3) is 0.278. The highest BCUT2D eigenvalue weighted by Crippen LogP contribution is 2.27. The van der Waals surface area contributed by atoms with Crippen LogP contribution in [0.3, 0.4) is 0 Å². The molecule has 14 heteroatoms. The number of hydroxylamine groups is 1. The summed E-state index contributed by atoms with van der Waals surface area (Å²) in [6, 6.07) is 7.45. The summed E-state index contributed by atoms with van der Waals surface area (Å²) in [5, 5.41) is 9.79. The molecule has 0 aliphatic carbocycles. The van der Waals surface area contributed by atoms with Crippen LogP contribution in [-0.4, -0.2) is 38.0 Å². The molecule has 0 radical (unpaired) electrons. The number of aromatic nitrogens is 1. The van der Waals surface area contributed by atoms with E-state index in [-0.39, 0.29) is 47.0 Å². The summed E-state index contributed by atoms with van der Waals surface area (Å²) in [6.45, 7) is 1.41. The molecule has 0 aliphatic heterocycles. The van der Waals surface area contributed by atoms with Crippen molar-refractivity contribution in [1.29, 1.82) is 5.41 Å². The lowest BCUT2D eigenvalue weighted by Crippen LogP contribution is -2.37. The van der Waals surface area contributed by atoms with Crippen molar-refractivity contribution < 1.29 is 18.0 Å². The number of rotatable bonds is 10. The summed E-state index contributed by atoms with van der Waals surface area (Å²) in [4.78, 5) is 29.7. The Labute approximate surface area is 194 Å². The lowest BCUT2D eigenvalue weighted by atomic mass is 10.2. The molecule has 2 rings (SSSR count). The third-order valence-electron chi connectivity index (χ3n) is 4.05. The SMILES string of the molecule is Cc1ccc(NS(=O)(=O)Cc2cccc(Cl)c2Cl)c(=O)n1CC(=O)NCCONC(=N)N. The van der Waals surface area contributed by atoms with E-state index in [0.717, 1.165) is 4.57 Å². The second-order valence-corrected chi connectivity index (χ2v) is 9.08. The molecular formula is C18H22Cl2N6O5S. The van der Waals surface area contributed by atoms with E-state index in [2.05, 4.69) is 15.5 Å². The average Bonchev–Trinajstić information content (AvgIpc) is 2.70. The smallest absolute Gasteiger partial charge is 0.275 e. The summed E-state index contributed by atoms with van der Waals surface area (Å²) >= 11 is 12.0. The first-order chi connectivity index (χ1) is 15.0. The number of halogens is 2. The number of aryl methyl sites for hydroxylation is 1. The number of anilines is 1. The number of nitrogens with one attached hydrogen (secondary N) is 4. The first-order valence-corrected chi connectivity index (χ1v) is 11.5. The number of hydrogen-bond donors (Lipinski definition) is 5. The average molecular weight is 505 g/mol. The van der Waals surface area contributed by atoms with Crippen molar-refractivity contribution in [1.82, 2.24) is 15.4 Å². The number of carbonyl (C=O) groups excluding carboxylic acids is 1. The molecule has 32 heavy (non-hydrogen) atoms. The van der Waals surface area contributed by atoms with Gasteiger partial charge < -0.3 is 15.6 Å². The molecular weight excluding hydrogens is 483 g/mol. The first-order valence-electron chi connectivity index (χ1n) is 9.12. The van der Waals surface area contributed by atoms with Gasteiger partial charge in [-0.15, -0.1) is 0 Å². The van der Waals surface area contributed by atoms with Gasteiger partial charge in [-0.2, -0.15) is 0 Å². The maximum atomic E-state index is 12.8. The number of pyridine rings is 1. The third kappa shape index (κ3) is 7.41. The van der Waals surface area contributed by atoms with Crippen LogP contribution >= 0.6 is 23.2 Å². The van der Waals surface area contributed by atoms with Crippen LogP contribution in [0.4, 0.5) is 5.69 Å². The molecule has 0 atom stereocenters. The number of sulfonamides is 1. The number of benzene rings is 1. The number of guanidine groups is 1. The highest BCUT2D eigenvalue weighted by atomic mass is 35.5. The highest BCUT2D eigenvalue weighted by molar-refractivity contribution is 7.91. The highest BCUT2D eigenvalue weighted by Gasteiger charge is 2.18. The van der Waals surface area contributed by atoms with E-state index < -0.39 is 27.2 Å². The van der Waals surface area contributed by atoms with Crippen molar-refractivity contribution in [2.45, 2.75) is 19.2 Å². The molecule has 1 aromatic heterocycles. The van der Waals surface area contributed by atoms with Crippen molar-refractivity contribution in [2.24, 2.45) is 5.73 Å². The predicted octanol–water partition coefficient (Wildman–Crippen LogP) is 0.936. The maximum absolute atomic E-state index is 12.8. The second-order valence-electron chi connectivity index (χ2n) is 6.57. The number of amides is 1. The zero-order chi connectivity index (χ0) is 23.9. The Kier molecular flexibility index (Phi) is 8.89. The Morgan fingerprint density at radius 2 is 1.97 bits per heavy atom. The zero-order valence-electron chi connectivity index (χ0n) is 16.9. The van der Waals surface area contributed by atoms with Crippen LogP contribution in [0.5, 0.6) is 0 Å². The lowest BCUT2D eigenvalue weighted by Gasteiger charge is -2.14. The quantitative estimate of drug-likeness (QED) is 0.139. The minimum absolute atomic E-state index is 0.0328. The van der Waals surface area contributed by atoms with Crippen molar-refractivity contribution in [3.05, 3.63) is 62.0 Å². The van der Waals surface area contributed by atoms with Gasteiger partial charge in [0.25, 0.3) is 5.56 Å². The summed E-state index contributed by atoms with van der Waals surface area (Å²) in [5.41, 5.74) is 7.00. The van der Waals surface area contributed by atoms with Crippen LogP contribution < -0.4 is 26.8 Å². The van der Waals surface area contributed by atoms with E-state index in [1.807, 2.05) is 0 Å². The van der Waals surface area contributed by atoms with Crippen LogP contribution in [-0.2, 0) is 32.0 Å². The molecule has 0 fully saturated rings. The zero-order valence-corrected chi connectivity index (χ0v) is 19.3.